The highest BCUT2D eigenvalue weighted by molar-refractivity contribution is 5.83. The molecule has 0 aliphatic carbocycles. The van der Waals surface area contributed by atoms with Crippen LogP contribution in [0.15, 0.2) is 35.5 Å². The van der Waals surface area contributed by atoms with Gasteiger partial charge >= 0.3 is 0 Å². The summed E-state index contributed by atoms with van der Waals surface area (Å²) in [4.78, 5) is 4.94. The van der Waals surface area contributed by atoms with E-state index < -0.39 is 0 Å². The Bertz CT molecular complexity index is 338. The molecular formula is C11H14N2O2. The van der Waals surface area contributed by atoms with Crippen LogP contribution < -0.4 is 5.32 Å². The van der Waals surface area contributed by atoms with Crippen LogP contribution >= 0.6 is 0 Å². The van der Waals surface area contributed by atoms with Crippen molar-refractivity contribution in [1.29, 1.82) is 0 Å². The van der Waals surface area contributed by atoms with Crippen molar-refractivity contribution >= 4 is 5.90 Å². The minimum Gasteiger partial charge on any atom is -0.478 e. The van der Waals surface area contributed by atoms with Gasteiger partial charge in [-0.05, 0) is 17.6 Å². The summed E-state index contributed by atoms with van der Waals surface area (Å²) in [6.45, 7) is 2.93. The van der Waals surface area contributed by atoms with Crippen LogP contribution in [0.25, 0.3) is 0 Å². The zero-order valence-electron chi connectivity index (χ0n) is 8.64. The van der Waals surface area contributed by atoms with Crippen molar-refractivity contribution in [3.8, 4) is 0 Å². The summed E-state index contributed by atoms with van der Waals surface area (Å²) in [6.07, 6.45) is 0. The van der Waals surface area contributed by atoms with Crippen LogP contribution in [0, 0.1) is 0 Å². The topological polar surface area (TPSA) is 42.9 Å². The first kappa shape index (κ1) is 9.98. The second-order valence-electron chi connectivity index (χ2n) is 3.18. The molecule has 4 nitrogen and oxygen atoms in total. The minimum absolute atomic E-state index is 0.0000926. The highest BCUT2D eigenvalue weighted by atomic mass is 16.7. The first-order valence-corrected chi connectivity index (χ1v) is 5.03. The van der Waals surface area contributed by atoms with Gasteiger partial charge in [-0.15, -0.1) is 0 Å². The predicted molar refractivity (Wildman–Crippen MR) is 57.3 cm³/mol. The maximum atomic E-state index is 5.41. The van der Waals surface area contributed by atoms with Gasteiger partial charge in [-0.1, -0.05) is 30.3 Å². The van der Waals surface area contributed by atoms with E-state index in [0.717, 1.165) is 5.56 Å². The number of hydrogen-bond acceptors (Lipinski definition) is 4. The van der Waals surface area contributed by atoms with Crippen molar-refractivity contribution in [2.24, 2.45) is 5.16 Å². The van der Waals surface area contributed by atoms with Crippen molar-refractivity contribution in [3.05, 3.63) is 35.9 Å². The molecule has 1 unspecified atom stereocenters. The van der Waals surface area contributed by atoms with Crippen LogP contribution in [0.4, 0.5) is 0 Å². The molecule has 15 heavy (non-hydrogen) atoms. The summed E-state index contributed by atoms with van der Waals surface area (Å²) >= 11 is 0. The van der Waals surface area contributed by atoms with Crippen molar-refractivity contribution in [1.82, 2.24) is 5.32 Å². The number of rotatable bonds is 2. The maximum Gasteiger partial charge on any atom is 0.247 e. The molecule has 1 aliphatic rings. The van der Waals surface area contributed by atoms with Crippen molar-refractivity contribution in [3.63, 3.8) is 0 Å². The molecule has 0 amide bonds. The Kier molecular flexibility index (Phi) is 3.19. The predicted octanol–water partition coefficient (Wildman–Crippen LogP) is 1.66. The standard InChI is InChI=1S/C11H14N2O2/c1-2-14-11-10(12-8-15-13-11)9-6-4-3-5-7-9/h3-7,10,12H,2,8H2,1H3. The lowest BCUT2D eigenvalue weighted by Crippen LogP contribution is -2.35. The smallest absolute Gasteiger partial charge is 0.247 e. The number of nitrogens with zero attached hydrogens (tertiary/aromatic N) is 1. The average Bonchev–Trinajstić information content (AvgIpc) is 2.31. The minimum atomic E-state index is -0.0000926. The molecular weight excluding hydrogens is 192 g/mol. The van der Waals surface area contributed by atoms with Gasteiger partial charge in [0.1, 0.15) is 6.04 Å². The number of nitrogens with one attached hydrogen (secondary N) is 1. The fourth-order valence-corrected chi connectivity index (χ4v) is 1.52. The van der Waals surface area contributed by atoms with Crippen LogP contribution in [0.5, 0.6) is 0 Å². The van der Waals surface area contributed by atoms with Crippen molar-refractivity contribution in [2.45, 2.75) is 13.0 Å². The summed E-state index contributed by atoms with van der Waals surface area (Å²) in [7, 11) is 0. The van der Waals surface area contributed by atoms with Gasteiger partial charge in [0, 0.05) is 0 Å². The molecule has 0 spiro atoms. The van der Waals surface area contributed by atoms with Crippen LogP contribution in [0.1, 0.15) is 18.5 Å². The summed E-state index contributed by atoms with van der Waals surface area (Å²) in [5.74, 6) is 0.593. The molecule has 4 heteroatoms. The molecule has 2 rings (SSSR count). The molecule has 0 saturated carbocycles. The molecule has 0 fully saturated rings. The molecule has 1 aliphatic heterocycles. The van der Waals surface area contributed by atoms with Gasteiger partial charge in [-0.25, -0.2) is 0 Å². The molecule has 1 heterocycles. The maximum absolute atomic E-state index is 5.41. The number of benzene rings is 1. The lowest BCUT2D eigenvalue weighted by Gasteiger charge is -2.23. The molecule has 1 aromatic carbocycles. The molecule has 80 valence electrons. The quantitative estimate of drug-likeness (QED) is 0.800. The molecule has 0 aromatic heterocycles. The number of hydrogen-bond donors (Lipinski definition) is 1. The van der Waals surface area contributed by atoms with E-state index in [1.807, 2.05) is 37.3 Å². The lowest BCUT2D eigenvalue weighted by molar-refractivity contribution is 0.0861. The summed E-state index contributed by atoms with van der Waals surface area (Å²) in [5, 5.41) is 7.10. The van der Waals surface area contributed by atoms with Crippen LogP contribution in [0.3, 0.4) is 0 Å². The number of oxime groups is 1. The Morgan fingerprint density at radius 2 is 2.27 bits per heavy atom. The Morgan fingerprint density at radius 3 is 3.00 bits per heavy atom. The second kappa shape index (κ2) is 4.79. The third-order valence-electron chi connectivity index (χ3n) is 2.18. The lowest BCUT2D eigenvalue weighted by atomic mass is 10.1. The molecule has 1 atom stereocenters. The first-order chi connectivity index (χ1) is 7.42. The monoisotopic (exact) mass is 206 g/mol. The van der Waals surface area contributed by atoms with E-state index in [-0.39, 0.29) is 6.04 Å². The normalized spacial score (nSPS) is 20.3. The van der Waals surface area contributed by atoms with Gasteiger partial charge in [0.15, 0.2) is 6.73 Å². The van der Waals surface area contributed by atoms with E-state index in [2.05, 4.69) is 10.5 Å². The third kappa shape index (κ3) is 2.27. The van der Waals surface area contributed by atoms with Gasteiger partial charge in [0.05, 0.1) is 6.61 Å². The van der Waals surface area contributed by atoms with E-state index in [1.165, 1.54) is 0 Å². The van der Waals surface area contributed by atoms with Gasteiger partial charge < -0.3 is 9.57 Å². The molecule has 0 saturated heterocycles. The van der Waals surface area contributed by atoms with Crippen molar-refractivity contribution < 1.29 is 9.57 Å². The van der Waals surface area contributed by atoms with E-state index in [1.54, 1.807) is 0 Å². The van der Waals surface area contributed by atoms with Crippen LogP contribution in [-0.4, -0.2) is 19.2 Å². The van der Waals surface area contributed by atoms with Gasteiger partial charge in [-0.2, -0.15) is 0 Å². The summed E-state index contributed by atoms with van der Waals surface area (Å²) in [6, 6.07) is 10.1. The second-order valence-corrected chi connectivity index (χ2v) is 3.18. The molecule has 0 radical (unpaired) electrons. The van der Waals surface area contributed by atoms with E-state index in [4.69, 9.17) is 9.57 Å². The average molecular weight is 206 g/mol. The summed E-state index contributed by atoms with van der Waals surface area (Å²) in [5.41, 5.74) is 1.13. The zero-order valence-corrected chi connectivity index (χ0v) is 8.64. The summed E-state index contributed by atoms with van der Waals surface area (Å²) < 4.78 is 5.41. The van der Waals surface area contributed by atoms with E-state index >= 15 is 0 Å². The largest absolute Gasteiger partial charge is 0.478 e. The fourth-order valence-electron chi connectivity index (χ4n) is 1.52. The van der Waals surface area contributed by atoms with Crippen LogP contribution in [-0.2, 0) is 9.57 Å². The van der Waals surface area contributed by atoms with E-state index in [9.17, 15) is 0 Å². The van der Waals surface area contributed by atoms with Crippen molar-refractivity contribution in [2.75, 3.05) is 13.3 Å². The highest BCUT2D eigenvalue weighted by Crippen LogP contribution is 2.17. The van der Waals surface area contributed by atoms with E-state index in [0.29, 0.717) is 19.2 Å². The Labute approximate surface area is 88.9 Å². The third-order valence-corrected chi connectivity index (χ3v) is 2.18. The molecule has 1 aromatic rings. The van der Waals surface area contributed by atoms with Gasteiger partial charge in [0.25, 0.3) is 0 Å². The first-order valence-electron chi connectivity index (χ1n) is 5.03. The highest BCUT2D eigenvalue weighted by Gasteiger charge is 2.22. The Balaban J connectivity index is 2.20. The Morgan fingerprint density at radius 1 is 1.47 bits per heavy atom. The van der Waals surface area contributed by atoms with Gasteiger partial charge in [0.2, 0.25) is 5.90 Å². The molecule has 0 bridgehead atoms. The van der Waals surface area contributed by atoms with Crippen LogP contribution in [0.2, 0.25) is 0 Å². The SMILES string of the molecule is CCOC1=NOCNC1c1ccccc1. The zero-order chi connectivity index (χ0) is 10.5. The van der Waals surface area contributed by atoms with Gasteiger partial charge in [-0.3, -0.25) is 5.32 Å². The Hall–Kier alpha value is -1.55. The number of ether oxygens (including phenoxy) is 1. The fraction of sp³-hybridized carbons (Fsp3) is 0.364. The molecule has 1 N–H and O–H groups in total.